The number of hydrogen-bond acceptors (Lipinski definition) is 11. The number of aromatic nitrogens is 1. The summed E-state index contributed by atoms with van der Waals surface area (Å²) in [6.45, 7) is 0. The summed E-state index contributed by atoms with van der Waals surface area (Å²) in [4.78, 5) is 23.8. The van der Waals surface area contributed by atoms with Crippen LogP contribution in [-0.4, -0.2) is 34.5 Å². The molecule has 0 saturated carbocycles. The zero-order valence-electron chi connectivity index (χ0n) is 20.0. The molecule has 3 heterocycles. The Bertz CT molecular complexity index is 1290. The molecule has 2 aliphatic heterocycles. The van der Waals surface area contributed by atoms with Crippen LogP contribution in [0, 0.1) is 20.2 Å². The minimum absolute atomic E-state index is 0.119. The average Bonchev–Trinajstić information content (AvgIpc) is 3.63. The van der Waals surface area contributed by atoms with E-state index in [0.717, 1.165) is 35.5 Å². The lowest BCUT2D eigenvalue weighted by molar-refractivity contribution is -0.385. The lowest BCUT2D eigenvalue weighted by Crippen LogP contribution is -2.07. The van der Waals surface area contributed by atoms with Crippen LogP contribution in [0.5, 0.6) is 0 Å². The molecular weight excluding hydrogens is 746 g/mol. The quantitative estimate of drug-likeness (QED) is 0.100. The largest absolute Gasteiger partial charge is 0.288 e. The summed E-state index contributed by atoms with van der Waals surface area (Å²) in [5.74, 6) is 1.81. The van der Waals surface area contributed by atoms with E-state index in [-0.39, 0.29) is 21.2 Å². The maximum atomic E-state index is 10.9. The van der Waals surface area contributed by atoms with Gasteiger partial charge in [0.25, 0.3) is 11.4 Å². The highest BCUT2D eigenvalue weighted by molar-refractivity contribution is 14.2. The van der Waals surface area contributed by atoms with Crippen LogP contribution in [0.4, 0.5) is 11.4 Å². The van der Waals surface area contributed by atoms with E-state index in [1.54, 1.807) is 33.4 Å². The number of hydrogen-bond donors (Lipinski definition) is 0. The van der Waals surface area contributed by atoms with Crippen LogP contribution >= 0.6 is 101 Å². The Kier molecular flexibility index (Phi) is 10.8. The molecular formula is C24H20IN3O4S7. The second-order valence-corrected chi connectivity index (χ2v) is 18.0. The van der Waals surface area contributed by atoms with Crippen molar-refractivity contribution >= 4 is 112 Å². The van der Waals surface area contributed by atoms with Gasteiger partial charge in [0.15, 0.2) is 0 Å². The maximum Gasteiger partial charge on any atom is 0.269 e. The van der Waals surface area contributed by atoms with E-state index in [1.807, 2.05) is 94.8 Å². The molecule has 0 bridgehead atoms. The normalized spacial score (nSPS) is 15.7. The third-order valence-corrected chi connectivity index (χ3v) is 16.9. The Balaban J connectivity index is 1.20. The maximum absolute atomic E-state index is 10.9. The van der Waals surface area contributed by atoms with Crippen molar-refractivity contribution in [2.75, 3.05) is 11.5 Å². The molecule has 0 aliphatic carbocycles. The summed E-state index contributed by atoms with van der Waals surface area (Å²) in [7, 11) is 1.67. The zero-order valence-corrected chi connectivity index (χ0v) is 27.8. The Morgan fingerprint density at radius 2 is 1.13 bits per heavy atom. The van der Waals surface area contributed by atoms with E-state index in [4.69, 9.17) is 0 Å². The second-order valence-electron chi connectivity index (χ2n) is 8.24. The number of thioether (sulfide) groups is 6. The number of non-ortho nitro benzene ring substituents is 2. The number of benzene rings is 2. The topological polar surface area (TPSA) is 91.2 Å². The van der Waals surface area contributed by atoms with Crippen molar-refractivity contribution < 1.29 is 9.85 Å². The molecule has 3 aromatic rings. The van der Waals surface area contributed by atoms with Gasteiger partial charge in [0, 0.05) is 88.3 Å². The third kappa shape index (κ3) is 7.84. The summed E-state index contributed by atoms with van der Waals surface area (Å²) < 4.78 is 5.71. The third-order valence-electron chi connectivity index (χ3n) is 5.68. The molecule has 7 nitrogen and oxygen atoms in total. The van der Waals surface area contributed by atoms with Crippen LogP contribution in [0.2, 0.25) is 0 Å². The van der Waals surface area contributed by atoms with Crippen LogP contribution in [0.15, 0.2) is 79.2 Å². The van der Waals surface area contributed by atoms with E-state index in [0.29, 0.717) is 9.16 Å². The van der Waals surface area contributed by atoms with Gasteiger partial charge in [0.05, 0.1) is 27.5 Å². The van der Waals surface area contributed by atoms with Crippen LogP contribution in [-0.2, 0) is 12.8 Å². The number of rotatable bonds is 12. The lowest BCUT2D eigenvalue weighted by Gasteiger charge is -2.15. The van der Waals surface area contributed by atoms with Crippen LogP contribution < -0.4 is 0 Å². The van der Waals surface area contributed by atoms with Gasteiger partial charge >= 0.3 is 0 Å². The molecule has 204 valence electrons. The molecule has 0 unspecified atom stereocenters. The van der Waals surface area contributed by atoms with Crippen LogP contribution in [0.3, 0.4) is 0 Å². The van der Waals surface area contributed by atoms with E-state index in [9.17, 15) is 20.2 Å². The van der Waals surface area contributed by atoms with Crippen LogP contribution in [0.1, 0.15) is 11.1 Å². The predicted molar refractivity (Wildman–Crippen MR) is 181 cm³/mol. The van der Waals surface area contributed by atoms with Gasteiger partial charge < -0.3 is 0 Å². The molecule has 0 fully saturated rings. The van der Waals surface area contributed by atoms with Crippen molar-refractivity contribution in [3.8, 4) is 0 Å². The Morgan fingerprint density at radius 1 is 0.718 bits per heavy atom. The van der Waals surface area contributed by atoms with Crippen molar-refractivity contribution in [3.05, 3.63) is 101 Å². The van der Waals surface area contributed by atoms with E-state index in [2.05, 4.69) is 37.6 Å². The number of halogens is 1. The van der Waals surface area contributed by atoms with Crippen molar-refractivity contribution in [2.45, 2.75) is 31.8 Å². The molecule has 39 heavy (non-hydrogen) atoms. The smallest absolute Gasteiger partial charge is 0.269 e. The summed E-state index contributed by atoms with van der Waals surface area (Å²) in [6.07, 6.45) is 6.11. The van der Waals surface area contributed by atoms with Crippen LogP contribution in [0.25, 0.3) is 0 Å². The Hall–Kier alpha value is -0.560. The van der Waals surface area contributed by atoms with E-state index >= 15 is 0 Å². The predicted octanol–water partition coefficient (Wildman–Crippen LogP) is 9.56. The molecule has 5 rings (SSSR count). The molecule has 0 N–H and O–H groups in total. The monoisotopic (exact) mass is 765 g/mol. The fraction of sp³-hybridized carbons (Fsp3) is 0.250. The van der Waals surface area contributed by atoms with Gasteiger partial charge in [0.1, 0.15) is 0 Å². The molecule has 15 heteroatoms. The number of nitrogens with zero attached hydrogens (tertiary/aromatic N) is 3. The highest BCUT2D eigenvalue weighted by Gasteiger charge is 2.38. The molecule has 0 amide bonds. The van der Waals surface area contributed by atoms with Gasteiger partial charge in [-0.2, -0.15) is 0 Å². The van der Waals surface area contributed by atoms with E-state index in [1.165, 1.54) is 18.3 Å². The zero-order chi connectivity index (χ0) is 27.4. The van der Waals surface area contributed by atoms with Crippen molar-refractivity contribution in [1.82, 2.24) is 3.97 Å². The van der Waals surface area contributed by atoms with Gasteiger partial charge in [-0.15, -0.1) is 70.6 Å². The molecule has 0 atom stereocenters. The van der Waals surface area contributed by atoms with Gasteiger partial charge in [-0.05, 0) is 24.0 Å². The fourth-order valence-electron chi connectivity index (χ4n) is 3.72. The summed E-state index contributed by atoms with van der Waals surface area (Å²) in [6, 6.07) is 13.7. The SMILES string of the molecule is O=[N+]([O-])c1ccc(CCSC2=C(SCCc3ccc([N+](=O)[O-])cc3)SC(C3Sc4cn(SI)cc4S3)S2)cc1. The summed E-state index contributed by atoms with van der Waals surface area (Å²) in [5.41, 5.74) is 2.43. The van der Waals surface area contributed by atoms with E-state index < -0.39 is 0 Å². The first-order chi connectivity index (χ1) is 18.9. The highest BCUT2D eigenvalue weighted by atomic mass is 127. The van der Waals surface area contributed by atoms with Gasteiger partial charge in [0.2, 0.25) is 0 Å². The standard InChI is InChI=1S/C24H20IN3O4S7/c25-39-26-13-19-20(14-26)36-23(35-19)24-37-21(33-11-9-15-1-5-17(6-2-15)27(29)30)22(38-24)34-12-10-16-3-7-18(8-4-16)28(31)32/h1-8,13-14,23-24H,9-12H2. The van der Waals surface area contributed by atoms with Gasteiger partial charge in [-0.1, -0.05) is 24.3 Å². The van der Waals surface area contributed by atoms with Crippen molar-refractivity contribution in [2.24, 2.45) is 0 Å². The molecule has 0 radical (unpaired) electrons. The first-order valence-corrected chi connectivity index (χ1v) is 20.3. The fourth-order valence-corrected chi connectivity index (χ4v) is 14.9. The first kappa shape index (κ1) is 29.9. The van der Waals surface area contributed by atoms with Gasteiger partial charge in [-0.3, -0.25) is 24.2 Å². The molecule has 0 spiro atoms. The number of nitro benzene ring substituents is 2. The minimum atomic E-state index is -0.367. The Labute approximate surface area is 267 Å². The Morgan fingerprint density at radius 3 is 1.51 bits per heavy atom. The molecule has 1 aromatic heterocycles. The average molecular weight is 766 g/mol. The first-order valence-electron chi connectivity index (χ1n) is 11.5. The second kappa shape index (κ2) is 14.1. The van der Waals surface area contributed by atoms with Gasteiger partial charge in [-0.25, -0.2) is 0 Å². The summed E-state index contributed by atoms with van der Waals surface area (Å²) in [5, 5.41) is 21.9. The number of aryl methyl sites for hydroxylation is 2. The highest BCUT2D eigenvalue weighted by Crippen LogP contribution is 2.62. The molecule has 2 aromatic carbocycles. The molecule has 2 aliphatic rings. The molecule has 0 saturated heterocycles. The van der Waals surface area contributed by atoms with Crippen molar-refractivity contribution in [1.29, 1.82) is 0 Å². The minimum Gasteiger partial charge on any atom is -0.288 e. The van der Waals surface area contributed by atoms with Crippen molar-refractivity contribution in [3.63, 3.8) is 0 Å². The number of nitro groups is 2. The lowest BCUT2D eigenvalue weighted by atomic mass is 10.1. The summed E-state index contributed by atoms with van der Waals surface area (Å²) >= 11 is 13.9. The number of fused-ring (bicyclic) bond motifs is 1.